The van der Waals surface area contributed by atoms with E-state index in [1.54, 1.807) is 25.1 Å². The molecule has 0 fully saturated rings. The Labute approximate surface area is 117 Å². The number of ether oxygens (including phenoxy) is 1. The predicted molar refractivity (Wildman–Crippen MR) is 76.6 cm³/mol. The van der Waals surface area contributed by atoms with E-state index < -0.39 is 0 Å². The van der Waals surface area contributed by atoms with Crippen LogP contribution < -0.4 is 4.74 Å². The van der Waals surface area contributed by atoms with Gasteiger partial charge in [0, 0.05) is 29.7 Å². The number of allylic oxidation sites excluding steroid dienone is 1. The molecule has 0 aliphatic rings. The van der Waals surface area contributed by atoms with Gasteiger partial charge < -0.3 is 9.64 Å². The number of methoxy groups -OCH3 is 1. The van der Waals surface area contributed by atoms with Crippen LogP contribution in [0.5, 0.6) is 5.75 Å². The van der Waals surface area contributed by atoms with Crippen LogP contribution in [0.2, 0.25) is 0 Å². The van der Waals surface area contributed by atoms with Crippen LogP contribution in [0.15, 0.2) is 34.3 Å². The van der Waals surface area contributed by atoms with Crippen molar-refractivity contribution in [2.24, 2.45) is 0 Å². The zero-order chi connectivity index (χ0) is 13.7. The van der Waals surface area contributed by atoms with Gasteiger partial charge in [-0.15, -0.1) is 0 Å². The Bertz CT molecular complexity index is 465. The molecule has 0 unspecified atom stereocenters. The lowest BCUT2D eigenvalue weighted by molar-refractivity contribution is -0.125. The Morgan fingerprint density at radius 2 is 2.11 bits per heavy atom. The first-order chi connectivity index (χ1) is 8.43. The van der Waals surface area contributed by atoms with E-state index in [1.807, 2.05) is 32.0 Å². The molecule has 0 saturated carbocycles. The normalized spacial score (nSPS) is 9.83. The minimum atomic E-state index is -0.00275. The molecule has 98 valence electrons. The highest BCUT2D eigenvalue weighted by Crippen LogP contribution is 2.24. The van der Waals surface area contributed by atoms with Gasteiger partial charge in [0.2, 0.25) is 5.91 Å². The Kier molecular flexibility index (Phi) is 5.41. The standard InChI is InChI=1S/C14H18BrNO2/c1-10(2)7-14(17)16(3)9-11-8-12(15)5-6-13(11)18-4/h5-8H,9H2,1-4H3. The smallest absolute Gasteiger partial charge is 0.246 e. The molecule has 0 radical (unpaired) electrons. The highest BCUT2D eigenvalue weighted by Gasteiger charge is 2.10. The molecule has 0 N–H and O–H groups in total. The Morgan fingerprint density at radius 1 is 1.44 bits per heavy atom. The van der Waals surface area contributed by atoms with Crippen LogP contribution in [0.3, 0.4) is 0 Å². The molecule has 1 aromatic carbocycles. The molecule has 0 spiro atoms. The summed E-state index contributed by atoms with van der Waals surface area (Å²) < 4.78 is 6.26. The molecule has 0 saturated heterocycles. The number of carbonyl (C=O) groups is 1. The Balaban J connectivity index is 2.87. The van der Waals surface area contributed by atoms with Crippen molar-refractivity contribution in [3.63, 3.8) is 0 Å². The van der Waals surface area contributed by atoms with Gasteiger partial charge in [0.05, 0.1) is 7.11 Å². The quantitative estimate of drug-likeness (QED) is 0.798. The number of amides is 1. The number of hydrogen-bond acceptors (Lipinski definition) is 2. The maximum absolute atomic E-state index is 11.8. The van der Waals surface area contributed by atoms with E-state index >= 15 is 0 Å². The molecule has 1 rings (SSSR count). The third-order valence-corrected chi connectivity index (χ3v) is 2.93. The van der Waals surface area contributed by atoms with Crippen molar-refractivity contribution < 1.29 is 9.53 Å². The molecule has 0 heterocycles. The third-order valence-electron chi connectivity index (χ3n) is 2.44. The van der Waals surface area contributed by atoms with Crippen molar-refractivity contribution in [3.05, 3.63) is 39.9 Å². The summed E-state index contributed by atoms with van der Waals surface area (Å²) in [6, 6.07) is 5.77. The lowest BCUT2D eigenvalue weighted by Crippen LogP contribution is -2.24. The zero-order valence-corrected chi connectivity index (χ0v) is 12.7. The Morgan fingerprint density at radius 3 is 2.67 bits per heavy atom. The van der Waals surface area contributed by atoms with Gasteiger partial charge in [-0.2, -0.15) is 0 Å². The van der Waals surface area contributed by atoms with Crippen LogP contribution in [0.1, 0.15) is 19.4 Å². The third kappa shape index (κ3) is 4.18. The minimum Gasteiger partial charge on any atom is -0.496 e. The van der Waals surface area contributed by atoms with Gasteiger partial charge in [0.25, 0.3) is 0 Å². The average molecular weight is 312 g/mol. The fraction of sp³-hybridized carbons (Fsp3) is 0.357. The highest BCUT2D eigenvalue weighted by atomic mass is 79.9. The molecular weight excluding hydrogens is 294 g/mol. The van der Waals surface area contributed by atoms with E-state index in [2.05, 4.69) is 15.9 Å². The van der Waals surface area contributed by atoms with E-state index in [4.69, 9.17) is 4.74 Å². The first kappa shape index (κ1) is 14.8. The van der Waals surface area contributed by atoms with Gasteiger partial charge in [-0.05, 0) is 32.0 Å². The summed E-state index contributed by atoms with van der Waals surface area (Å²) in [4.78, 5) is 13.5. The number of carbonyl (C=O) groups excluding carboxylic acids is 1. The SMILES string of the molecule is COc1ccc(Br)cc1CN(C)C(=O)C=C(C)C. The van der Waals surface area contributed by atoms with Crippen molar-refractivity contribution >= 4 is 21.8 Å². The second kappa shape index (κ2) is 6.59. The summed E-state index contributed by atoms with van der Waals surface area (Å²) in [5.41, 5.74) is 1.97. The molecule has 0 aromatic heterocycles. The molecular formula is C14H18BrNO2. The second-order valence-corrected chi connectivity index (χ2v) is 5.29. The van der Waals surface area contributed by atoms with Crippen molar-refractivity contribution in [3.8, 4) is 5.75 Å². The first-order valence-electron chi connectivity index (χ1n) is 5.66. The van der Waals surface area contributed by atoms with Crippen molar-refractivity contribution in [2.45, 2.75) is 20.4 Å². The van der Waals surface area contributed by atoms with Gasteiger partial charge in [0.15, 0.2) is 0 Å². The fourth-order valence-corrected chi connectivity index (χ4v) is 1.97. The summed E-state index contributed by atoms with van der Waals surface area (Å²) in [5.74, 6) is 0.784. The largest absolute Gasteiger partial charge is 0.496 e. The van der Waals surface area contributed by atoms with Crippen molar-refractivity contribution in [1.29, 1.82) is 0 Å². The molecule has 18 heavy (non-hydrogen) atoms. The van der Waals surface area contributed by atoms with Crippen LogP contribution in [-0.2, 0) is 11.3 Å². The first-order valence-corrected chi connectivity index (χ1v) is 6.45. The number of hydrogen-bond donors (Lipinski definition) is 0. The summed E-state index contributed by atoms with van der Waals surface area (Å²) >= 11 is 3.42. The van der Waals surface area contributed by atoms with Gasteiger partial charge in [-0.1, -0.05) is 21.5 Å². The van der Waals surface area contributed by atoms with Crippen LogP contribution in [0, 0.1) is 0 Å². The maximum atomic E-state index is 11.8. The Hall–Kier alpha value is -1.29. The van der Waals surface area contributed by atoms with Crippen molar-refractivity contribution in [1.82, 2.24) is 4.90 Å². The van der Waals surface area contributed by atoms with E-state index in [9.17, 15) is 4.79 Å². The van der Waals surface area contributed by atoms with E-state index in [1.165, 1.54) is 0 Å². The van der Waals surface area contributed by atoms with Gasteiger partial charge in [-0.25, -0.2) is 0 Å². The van der Waals surface area contributed by atoms with Crippen LogP contribution in [0.4, 0.5) is 0 Å². The van der Waals surface area contributed by atoms with E-state index in [-0.39, 0.29) is 5.91 Å². The lowest BCUT2D eigenvalue weighted by Gasteiger charge is -2.17. The number of rotatable bonds is 4. The molecule has 0 aliphatic carbocycles. The van der Waals surface area contributed by atoms with E-state index in [0.717, 1.165) is 21.4 Å². The molecule has 4 heteroatoms. The van der Waals surface area contributed by atoms with Gasteiger partial charge in [-0.3, -0.25) is 4.79 Å². The second-order valence-electron chi connectivity index (χ2n) is 4.37. The molecule has 3 nitrogen and oxygen atoms in total. The van der Waals surface area contributed by atoms with Gasteiger partial charge in [0.1, 0.15) is 5.75 Å². The minimum absolute atomic E-state index is 0.00275. The maximum Gasteiger partial charge on any atom is 0.246 e. The van der Waals surface area contributed by atoms with Crippen LogP contribution >= 0.6 is 15.9 Å². The van der Waals surface area contributed by atoms with Crippen LogP contribution in [0.25, 0.3) is 0 Å². The molecule has 1 amide bonds. The monoisotopic (exact) mass is 311 g/mol. The number of nitrogens with zero attached hydrogens (tertiary/aromatic N) is 1. The summed E-state index contributed by atoms with van der Waals surface area (Å²) in [6.45, 7) is 4.34. The predicted octanol–water partition coefficient (Wildman–Crippen LogP) is 3.38. The lowest BCUT2D eigenvalue weighted by atomic mass is 10.2. The summed E-state index contributed by atoms with van der Waals surface area (Å²) in [7, 11) is 3.41. The molecule has 1 aromatic rings. The zero-order valence-electron chi connectivity index (χ0n) is 11.2. The van der Waals surface area contributed by atoms with Crippen LogP contribution in [-0.4, -0.2) is 25.0 Å². The average Bonchev–Trinajstić information content (AvgIpc) is 2.28. The molecule has 0 bridgehead atoms. The van der Waals surface area contributed by atoms with Crippen molar-refractivity contribution in [2.75, 3.05) is 14.2 Å². The molecule has 0 aliphatic heterocycles. The number of likely N-dealkylation sites (N-methyl/N-ethyl adjacent to an activating group) is 1. The number of benzene rings is 1. The number of halogens is 1. The van der Waals surface area contributed by atoms with E-state index in [0.29, 0.717) is 6.54 Å². The summed E-state index contributed by atoms with van der Waals surface area (Å²) in [6.07, 6.45) is 1.63. The molecule has 0 atom stereocenters. The topological polar surface area (TPSA) is 29.5 Å². The van der Waals surface area contributed by atoms with Gasteiger partial charge >= 0.3 is 0 Å². The summed E-state index contributed by atoms with van der Waals surface area (Å²) in [5, 5.41) is 0. The fourth-order valence-electron chi connectivity index (χ4n) is 1.56. The highest BCUT2D eigenvalue weighted by molar-refractivity contribution is 9.10.